The molecule has 18 heavy (non-hydrogen) atoms. The Morgan fingerprint density at radius 3 is 2.94 bits per heavy atom. The maximum atomic E-state index is 11.0. The number of rotatable bonds is 8. The number of nitrogens with zero attached hydrogens (tertiary/aromatic N) is 2. The summed E-state index contributed by atoms with van der Waals surface area (Å²) in [5.41, 5.74) is 0. The van der Waals surface area contributed by atoms with Gasteiger partial charge < -0.3 is 19.9 Å². The lowest BCUT2D eigenvalue weighted by atomic mass is 10.2. The Balaban J connectivity index is 2.67. The maximum absolute atomic E-state index is 11.0. The van der Waals surface area contributed by atoms with Crippen molar-refractivity contribution >= 4 is 11.8 Å². The number of carboxylic acid groups (broad SMARTS) is 1. The summed E-state index contributed by atoms with van der Waals surface area (Å²) in [4.78, 5) is 19.0. The number of nitrogens with one attached hydrogen (secondary N) is 1. The molecular weight excluding hydrogens is 238 g/mol. The molecule has 0 aromatic carbocycles. The Bertz CT molecular complexity index is 386. The standard InChI is InChI=1S/C11H17N3O4/c1-3-18-10-7-12-6-9(14-10)13-8(11(15)16)4-5-17-2/h6-8H,3-5H2,1-2H3,(H,13,14)(H,15,16). The van der Waals surface area contributed by atoms with Crippen LogP contribution in [0, 0.1) is 0 Å². The van der Waals surface area contributed by atoms with Crippen LogP contribution in [0.15, 0.2) is 12.4 Å². The first-order valence-corrected chi connectivity index (χ1v) is 5.60. The number of methoxy groups -OCH3 is 1. The summed E-state index contributed by atoms with van der Waals surface area (Å²) in [5, 5.41) is 11.8. The summed E-state index contributed by atoms with van der Waals surface area (Å²) in [7, 11) is 1.52. The second-order valence-electron chi connectivity index (χ2n) is 3.49. The SMILES string of the molecule is CCOc1cncc(NC(CCOC)C(=O)O)n1. The van der Waals surface area contributed by atoms with E-state index in [-0.39, 0.29) is 0 Å². The molecule has 0 saturated heterocycles. The fraction of sp³-hybridized carbons (Fsp3) is 0.545. The highest BCUT2D eigenvalue weighted by atomic mass is 16.5. The summed E-state index contributed by atoms with van der Waals surface area (Å²) in [6, 6.07) is -0.767. The van der Waals surface area contributed by atoms with Crippen LogP contribution in [-0.2, 0) is 9.53 Å². The van der Waals surface area contributed by atoms with E-state index >= 15 is 0 Å². The van der Waals surface area contributed by atoms with Crippen molar-refractivity contribution in [2.45, 2.75) is 19.4 Å². The van der Waals surface area contributed by atoms with E-state index in [2.05, 4.69) is 15.3 Å². The van der Waals surface area contributed by atoms with E-state index in [9.17, 15) is 4.79 Å². The smallest absolute Gasteiger partial charge is 0.326 e. The summed E-state index contributed by atoms with van der Waals surface area (Å²) in [5.74, 6) is -0.238. The molecule has 1 aromatic rings. The third kappa shape index (κ3) is 4.54. The molecule has 0 saturated carbocycles. The minimum atomic E-state index is -0.962. The van der Waals surface area contributed by atoms with Crippen molar-refractivity contribution in [2.24, 2.45) is 0 Å². The quantitative estimate of drug-likeness (QED) is 0.708. The average Bonchev–Trinajstić information content (AvgIpc) is 2.35. The molecule has 100 valence electrons. The molecule has 1 atom stereocenters. The molecule has 0 spiro atoms. The molecule has 0 aliphatic rings. The zero-order valence-corrected chi connectivity index (χ0v) is 10.4. The third-order valence-corrected chi connectivity index (χ3v) is 2.14. The van der Waals surface area contributed by atoms with Gasteiger partial charge in [-0.1, -0.05) is 0 Å². The predicted octanol–water partition coefficient (Wildman–Crippen LogP) is 0.777. The number of ether oxygens (including phenoxy) is 2. The number of carboxylic acids is 1. The number of hydrogen-bond donors (Lipinski definition) is 2. The van der Waals surface area contributed by atoms with Crippen molar-refractivity contribution < 1.29 is 19.4 Å². The molecule has 0 bridgehead atoms. The van der Waals surface area contributed by atoms with Crippen molar-refractivity contribution in [1.29, 1.82) is 0 Å². The maximum Gasteiger partial charge on any atom is 0.326 e. The highest BCUT2D eigenvalue weighted by molar-refractivity contribution is 5.76. The van der Waals surface area contributed by atoms with Gasteiger partial charge in [-0.2, -0.15) is 4.98 Å². The lowest BCUT2D eigenvalue weighted by molar-refractivity contribution is -0.138. The van der Waals surface area contributed by atoms with Crippen molar-refractivity contribution in [3.05, 3.63) is 12.4 Å². The molecule has 0 fully saturated rings. The van der Waals surface area contributed by atoms with Gasteiger partial charge in [-0.05, 0) is 6.92 Å². The first kappa shape index (κ1) is 14.2. The van der Waals surface area contributed by atoms with Gasteiger partial charge in [-0.25, -0.2) is 4.79 Å². The summed E-state index contributed by atoms with van der Waals surface area (Å²) in [6.07, 6.45) is 3.26. The number of carbonyl (C=O) groups is 1. The molecule has 1 rings (SSSR count). The first-order valence-electron chi connectivity index (χ1n) is 5.60. The molecule has 0 aliphatic heterocycles. The Morgan fingerprint density at radius 1 is 1.56 bits per heavy atom. The molecule has 0 aliphatic carbocycles. The Kier molecular flexibility index (Phi) is 5.86. The van der Waals surface area contributed by atoms with E-state index in [0.717, 1.165) is 0 Å². The Labute approximate surface area is 105 Å². The molecule has 0 amide bonds. The molecule has 7 nitrogen and oxygen atoms in total. The number of aliphatic carboxylic acids is 1. The third-order valence-electron chi connectivity index (χ3n) is 2.14. The van der Waals surface area contributed by atoms with Crippen molar-refractivity contribution in [3.63, 3.8) is 0 Å². The average molecular weight is 255 g/mol. The van der Waals surface area contributed by atoms with Gasteiger partial charge in [-0.15, -0.1) is 0 Å². The molecule has 0 radical (unpaired) electrons. The van der Waals surface area contributed by atoms with Crippen LogP contribution in [0.5, 0.6) is 5.88 Å². The molecule has 7 heteroatoms. The molecule has 1 aromatic heterocycles. The molecule has 1 unspecified atom stereocenters. The van der Waals surface area contributed by atoms with Gasteiger partial charge in [0.1, 0.15) is 11.9 Å². The van der Waals surface area contributed by atoms with Crippen molar-refractivity contribution in [2.75, 3.05) is 25.6 Å². The van der Waals surface area contributed by atoms with Crippen molar-refractivity contribution in [3.8, 4) is 5.88 Å². The summed E-state index contributed by atoms with van der Waals surface area (Å²) < 4.78 is 10.0. The topological polar surface area (TPSA) is 93.6 Å². The first-order chi connectivity index (χ1) is 8.67. The highest BCUT2D eigenvalue weighted by Crippen LogP contribution is 2.11. The van der Waals surface area contributed by atoms with Gasteiger partial charge in [0.05, 0.1) is 19.0 Å². The molecule has 2 N–H and O–H groups in total. The van der Waals surface area contributed by atoms with Gasteiger partial charge >= 0.3 is 5.97 Å². The molecular formula is C11H17N3O4. The summed E-state index contributed by atoms with van der Waals surface area (Å²) in [6.45, 7) is 2.66. The van der Waals surface area contributed by atoms with Gasteiger partial charge in [0.2, 0.25) is 5.88 Å². The van der Waals surface area contributed by atoms with Crippen LogP contribution in [0.4, 0.5) is 5.82 Å². The van der Waals surface area contributed by atoms with Gasteiger partial charge in [0.25, 0.3) is 0 Å². The van der Waals surface area contributed by atoms with Crippen LogP contribution in [0.3, 0.4) is 0 Å². The highest BCUT2D eigenvalue weighted by Gasteiger charge is 2.17. The van der Waals surface area contributed by atoms with Gasteiger partial charge in [-0.3, -0.25) is 4.98 Å². The van der Waals surface area contributed by atoms with Crippen LogP contribution in [0.1, 0.15) is 13.3 Å². The fourth-order valence-electron chi connectivity index (χ4n) is 1.31. The van der Waals surface area contributed by atoms with Crippen LogP contribution < -0.4 is 10.1 Å². The lowest BCUT2D eigenvalue weighted by Crippen LogP contribution is -2.31. The van der Waals surface area contributed by atoms with E-state index in [1.54, 1.807) is 0 Å². The largest absolute Gasteiger partial charge is 0.480 e. The van der Waals surface area contributed by atoms with E-state index in [4.69, 9.17) is 14.6 Å². The number of aromatic nitrogens is 2. The lowest BCUT2D eigenvalue weighted by Gasteiger charge is -2.14. The summed E-state index contributed by atoms with van der Waals surface area (Å²) >= 11 is 0. The molecule has 1 heterocycles. The zero-order valence-electron chi connectivity index (χ0n) is 10.4. The van der Waals surface area contributed by atoms with Crippen LogP contribution in [0.2, 0.25) is 0 Å². The van der Waals surface area contributed by atoms with E-state index in [1.807, 2.05) is 6.92 Å². The second kappa shape index (κ2) is 7.44. The van der Waals surface area contributed by atoms with Gasteiger partial charge in [0, 0.05) is 20.1 Å². The van der Waals surface area contributed by atoms with E-state index in [1.165, 1.54) is 19.5 Å². The Morgan fingerprint density at radius 2 is 2.33 bits per heavy atom. The monoisotopic (exact) mass is 255 g/mol. The van der Waals surface area contributed by atoms with Gasteiger partial charge in [0.15, 0.2) is 0 Å². The van der Waals surface area contributed by atoms with Crippen LogP contribution in [-0.4, -0.2) is 47.4 Å². The minimum absolute atomic E-state index is 0.340. The van der Waals surface area contributed by atoms with E-state index in [0.29, 0.717) is 31.3 Å². The zero-order chi connectivity index (χ0) is 13.4. The van der Waals surface area contributed by atoms with Crippen LogP contribution in [0.25, 0.3) is 0 Å². The second-order valence-corrected chi connectivity index (χ2v) is 3.49. The minimum Gasteiger partial charge on any atom is -0.480 e. The van der Waals surface area contributed by atoms with Crippen molar-refractivity contribution in [1.82, 2.24) is 9.97 Å². The fourth-order valence-corrected chi connectivity index (χ4v) is 1.31. The van der Waals surface area contributed by atoms with Crippen LogP contribution >= 0.6 is 0 Å². The number of anilines is 1. The normalized spacial score (nSPS) is 11.9. The number of hydrogen-bond acceptors (Lipinski definition) is 6. The van der Waals surface area contributed by atoms with E-state index < -0.39 is 12.0 Å². The predicted molar refractivity (Wildman–Crippen MR) is 64.7 cm³/mol. The Hall–Kier alpha value is -1.89.